The fraction of sp³-hybridized carbons (Fsp3) is 0.417. The molecule has 0 bridgehead atoms. The highest BCUT2D eigenvalue weighted by Crippen LogP contribution is 2.19. The second-order valence-electron chi connectivity index (χ2n) is 7.80. The van der Waals surface area contributed by atoms with Crippen molar-refractivity contribution in [1.29, 1.82) is 0 Å². The smallest absolute Gasteiger partial charge is 0.242 e. The van der Waals surface area contributed by atoms with Crippen LogP contribution in [0.25, 0.3) is 0 Å². The number of thioether (sulfide) groups is 1. The van der Waals surface area contributed by atoms with Crippen LogP contribution in [0, 0.1) is 17.6 Å². The van der Waals surface area contributed by atoms with Gasteiger partial charge in [-0.15, -0.1) is 11.8 Å². The van der Waals surface area contributed by atoms with Gasteiger partial charge in [-0.25, -0.2) is 8.78 Å². The Morgan fingerprint density at radius 2 is 1.74 bits per heavy atom. The molecule has 0 unspecified atom stereocenters. The van der Waals surface area contributed by atoms with Gasteiger partial charge in [-0.2, -0.15) is 0 Å². The maximum atomic E-state index is 13.8. The monoisotopic (exact) mass is 448 g/mol. The molecule has 2 aromatic rings. The van der Waals surface area contributed by atoms with Crippen LogP contribution in [-0.2, 0) is 21.9 Å². The molecule has 4 nitrogen and oxygen atoms in total. The van der Waals surface area contributed by atoms with Gasteiger partial charge in [0.2, 0.25) is 11.8 Å². The van der Waals surface area contributed by atoms with Crippen LogP contribution >= 0.6 is 11.8 Å². The minimum atomic E-state index is -0.634. The summed E-state index contributed by atoms with van der Waals surface area (Å²) in [6.07, 6.45) is 0.453. The van der Waals surface area contributed by atoms with Crippen molar-refractivity contribution in [1.82, 2.24) is 10.2 Å². The number of hydrogen-bond acceptors (Lipinski definition) is 3. The molecule has 1 N–H and O–H groups in total. The van der Waals surface area contributed by atoms with E-state index in [1.54, 1.807) is 30.3 Å². The standard InChI is InChI=1S/C24H30F2N2O2S/c1-4-22(24(30)27-13-17(2)3)28(14-18-9-11-20(25)12-10-18)23(29)16-31-15-19-7-5-6-8-21(19)26/h5-12,17,22H,4,13-16H2,1-3H3,(H,27,30)/t22-/m1/s1. The van der Waals surface area contributed by atoms with Gasteiger partial charge < -0.3 is 10.2 Å². The second-order valence-corrected chi connectivity index (χ2v) is 8.78. The molecular formula is C24H30F2N2O2S. The Morgan fingerprint density at radius 1 is 1.06 bits per heavy atom. The molecule has 0 heterocycles. The molecule has 1 atom stereocenters. The van der Waals surface area contributed by atoms with Crippen molar-refractivity contribution >= 4 is 23.6 Å². The lowest BCUT2D eigenvalue weighted by atomic mass is 10.1. The molecule has 0 radical (unpaired) electrons. The van der Waals surface area contributed by atoms with E-state index < -0.39 is 6.04 Å². The number of hydrogen-bond donors (Lipinski definition) is 1. The molecule has 2 rings (SSSR count). The van der Waals surface area contributed by atoms with Crippen LogP contribution in [0.3, 0.4) is 0 Å². The summed E-state index contributed by atoms with van der Waals surface area (Å²) < 4.78 is 27.1. The zero-order valence-electron chi connectivity index (χ0n) is 18.2. The maximum Gasteiger partial charge on any atom is 0.242 e. The summed E-state index contributed by atoms with van der Waals surface area (Å²) in [5.74, 6) is -0.307. The molecular weight excluding hydrogens is 418 g/mol. The predicted octanol–water partition coefficient (Wildman–Crippen LogP) is 4.78. The Morgan fingerprint density at radius 3 is 2.35 bits per heavy atom. The molecule has 0 aliphatic rings. The fourth-order valence-electron chi connectivity index (χ4n) is 3.08. The van der Waals surface area contributed by atoms with E-state index in [-0.39, 0.29) is 35.7 Å². The van der Waals surface area contributed by atoms with Crippen molar-refractivity contribution in [3.05, 3.63) is 71.3 Å². The molecule has 2 amide bonds. The third kappa shape index (κ3) is 7.98. The van der Waals surface area contributed by atoms with E-state index in [4.69, 9.17) is 0 Å². The van der Waals surface area contributed by atoms with Crippen molar-refractivity contribution in [3.8, 4) is 0 Å². The van der Waals surface area contributed by atoms with Crippen molar-refractivity contribution in [3.63, 3.8) is 0 Å². The SMILES string of the molecule is CC[C@H](C(=O)NCC(C)C)N(Cc1ccc(F)cc1)C(=O)CSCc1ccccc1F. The number of halogens is 2. The highest BCUT2D eigenvalue weighted by atomic mass is 32.2. The lowest BCUT2D eigenvalue weighted by Crippen LogP contribution is -2.50. The van der Waals surface area contributed by atoms with Crippen LogP contribution in [0.2, 0.25) is 0 Å². The van der Waals surface area contributed by atoms with Gasteiger partial charge in [0.1, 0.15) is 17.7 Å². The molecule has 7 heteroatoms. The van der Waals surface area contributed by atoms with E-state index in [9.17, 15) is 18.4 Å². The topological polar surface area (TPSA) is 49.4 Å². The molecule has 31 heavy (non-hydrogen) atoms. The summed E-state index contributed by atoms with van der Waals surface area (Å²) in [6, 6.07) is 11.7. The molecule has 0 aromatic heterocycles. The van der Waals surface area contributed by atoms with Gasteiger partial charge in [-0.1, -0.05) is 51.1 Å². The van der Waals surface area contributed by atoms with E-state index in [0.717, 1.165) is 5.56 Å². The zero-order valence-corrected chi connectivity index (χ0v) is 19.1. The third-order valence-electron chi connectivity index (χ3n) is 4.78. The summed E-state index contributed by atoms with van der Waals surface area (Å²) >= 11 is 1.30. The predicted molar refractivity (Wildman–Crippen MR) is 121 cm³/mol. The van der Waals surface area contributed by atoms with Crippen LogP contribution in [0.1, 0.15) is 38.3 Å². The first kappa shape index (κ1) is 24.9. The minimum absolute atomic E-state index is 0.115. The first-order valence-corrected chi connectivity index (χ1v) is 11.6. The number of nitrogens with one attached hydrogen (secondary N) is 1. The van der Waals surface area contributed by atoms with E-state index in [2.05, 4.69) is 5.32 Å². The Bertz CT molecular complexity index is 859. The molecule has 0 fully saturated rings. The summed E-state index contributed by atoms with van der Waals surface area (Å²) in [7, 11) is 0. The van der Waals surface area contributed by atoms with E-state index in [0.29, 0.717) is 30.2 Å². The van der Waals surface area contributed by atoms with Gasteiger partial charge in [0.25, 0.3) is 0 Å². The summed E-state index contributed by atoms with van der Waals surface area (Å²) in [5, 5.41) is 2.90. The maximum absolute atomic E-state index is 13.8. The van der Waals surface area contributed by atoms with E-state index >= 15 is 0 Å². The first-order valence-electron chi connectivity index (χ1n) is 10.4. The molecule has 168 valence electrons. The molecule has 0 aliphatic carbocycles. The second kappa shape index (κ2) is 12.4. The van der Waals surface area contributed by atoms with Crippen LogP contribution in [0.5, 0.6) is 0 Å². The lowest BCUT2D eigenvalue weighted by molar-refractivity contribution is -0.139. The number of carbonyl (C=O) groups excluding carboxylic acids is 2. The van der Waals surface area contributed by atoms with Crippen LogP contribution < -0.4 is 5.32 Å². The summed E-state index contributed by atoms with van der Waals surface area (Å²) in [6.45, 7) is 6.59. The number of carbonyl (C=O) groups is 2. The van der Waals surface area contributed by atoms with E-state index in [1.165, 1.54) is 34.9 Å². The van der Waals surface area contributed by atoms with Crippen molar-refractivity contribution < 1.29 is 18.4 Å². The molecule has 2 aromatic carbocycles. The molecule has 0 spiro atoms. The lowest BCUT2D eigenvalue weighted by Gasteiger charge is -2.31. The number of rotatable bonds is 11. The fourth-order valence-corrected chi connectivity index (χ4v) is 3.97. The Hall–Kier alpha value is -2.41. The van der Waals surface area contributed by atoms with Crippen molar-refractivity contribution in [2.45, 2.75) is 45.5 Å². The summed E-state index contributed by atoms with van der Waals surface area (Å²) in [4.78, 5) is 27.4. The van der Waals surface area contributed by atoms with Gasteiger partial charge in [0.15, 0.2) is 0 Å². The molecule has 0 aliphatic heterocycles. The van der Waals surface area contributed by atoms with Crippen LogP contribution in [0.4, 0.5) is 8.78 Å². The van der Waals surface area contributed by atoms with Crippen LogP contribution in [0.15, 0.2) is 48.5 Å². The Labute approximate surface area is 187 Å². The third-order valence-corrected chi connectivity index (χ3v) is 5.74. The molecule has 0 saturated heterocycles. The van der Waals surface area contributed by atoms with Crippen molar-refractivity contribution in [2.24, 2.45) is 5.92 Å². The minimum Gasteiger partial charge on any atom is -0.354 e. The van der Waals surface area contributed by atoms with Gasteiger partial charge in [0, 0.05) is 18.8 Å². The van der Waals surface area contributed by atoms with Gasteiger partial charge in [-0.3, -0.25) is 9.59 Å². The highest BCUT2D eigenvalue weighted by Gasteiger charge is 2.28. The number of benzene rings is 2. The summed E-state index contributed by atoms with van der Waals surface area (Å²) in [5.41, 5.74) is 1.27. The quantitative estimate of drug-likeness (QED) is 0.538. The van der Waals surface area contributed by atoms with Gasteiger partial charge in [0.05, 0.1) is 5.75 Å². The highest BCUT2D eigenvalue weighted by molar-refractivity contribution is 7.99. The van der Waals surface area contributed by atoms with Gasteiger partial charge in [-0.05, 0) is 41.7 Å². The average molecular weight is 449 g/mol. The Balaban J connectivity index is 2.12. The average Bonchev–Trinajstić information content (AvgIpc) is 2.74. The van der Waals surface area contributed by atoms with Crippen molar-refractivity contribution in [2.75, 3.05) is 12.3 Å². The molecule has 0 saturated carbocycles. The first-order chi connectivity index (χ1) is 14.8. The van der Waals surface area contributed by atoms with Gasteiger partial charge >= 0.3 is 0 Å². The van der Waals surface area contributed by atoms with Crippen LogP contribution in [-0.4, -0.2) is 35.1 Å². The zero-order chi connectivity index (χ0) is 22.8. The normalized spacial score (nSPS) is 11.9. The number of amides is 2. The van der Waals surface area contributed by atoms with E-state index in [1.807, 2.05) is 20.8 Å². The largest absolute Gasteiger partial charge is 0.354 e. The Kier molecular flexibility index (Phi) is 9.98. The number of nitrogens with zero attached hydrogens (tertiary/aromatic N) is 1.